The highest BCUT2D eigenvalue weighted by Gasteiger charge is 2.66. The summed E-state index contributed by atoms with van der Waals surface area (Å²) in [4.78, 5) is 0. The molecule has 1 aromatic rings. The Labute approximate surface area is 182 Å². The molecule has 3 fully saturated rings. The molecule has 1 heterocycles. The van der Waals surface area contributed by atoms with Crippen molar-refractivity contribution in [3.8, 4) is 11.5 Å². The van der Waals surface area contributed by atoms with Crippen LogP contribution in [-0.2, 0) is 6.42 Å². The van der Waals surface area contributed by atoms with Crippen LogP contribution >= 0.6 is 0 Å². The fraction of sp³-hybridized carbons (Fsp3) is 0.778. The van der Waals surface area contributed by atoms with Crippen LogP contribution in [0.5, 0.6) is 11.5 Å². The minimum Gasteiger partial charge on any atom is -0.508 e. The Balaban J connectivity index is 1.56. The molecule has 0 amide bonds. The van der Waals surface area contributed by atoms with Gasteiger partial charge in [-0.25, -0.2) is 0 Å². The molecule has 2 N–H and O–H groups in total. The third-order valence-electron chi connectivity index (χ3n) is 10.6. The van der Waals surface area contributed by atoms with Gasteiger partial charge in [0.2, 0.25) is 0 Å². The summed E-state index contributed by atoms with van der Waals surface area (Å²) >= 11 is 0. The third kappa shape index (κ3) is 2.54. The van der Waals surface area contributed by atoms with E-state index in [1.165, 1.54) is 24.8 Å². The summed E-state index contributed by atoms with van der Waals surface area (Å²) in [6.07, 6.45) is 7.63. The number of fused-ring (bicyclic) bond motifs is 6. The summed E-state index contributed by atoms with van der Waals surface area (Å²) in [5, 5.41) is 21.0. The van der Waals surface area contributed by atoms with Gasteiger partial charge >= 0.3 is 0 Å². The first-order valence-electron chi connectivity index (χ1n) is 12.1. The number of phenolic OH excluding ortho intramolecular Hbond substituents is 1. The highest BCUT2D eigenvalue weighted by molar-refractivity contribution is 5.48. The SMILES string of the molecule is Cc1cc(O)cc2c1O[C@]1(C)CCC3C4(C)CCC(O)C(C)(C)[C@@H]4CC[C@]3(C)C1C2. The molecule has 3 heteroatoms. The van der Waals surface area contributed by atoms with Crippen LogP contribution in [0.4, 0.5) is 0 Å². The summed E-state index contributed by atoms with van der Waals surface area (Å²) in [5.41, 5.74) is 2.61. The van der Waals surface area contributed by atoms with E-state index < -0.39 is 0 Å². The van der Waals surface area contributed by atoms with Crippen LogP contribution < -0.4 is 4.74 Å². The maximum absolute atomic E-state index is 10.8. The first-order valence-corrected chi connectivity index (χ1v) is 12.1. The molecule has 3 nitrogen and oxygen atoms in total. The lowest BCUT2D eigenvalue weighted by molar-refractivity contribution is -0.223. The normalized spacial score (nSPS) is 46.6. The Morgan fingerprint density at radius 1 is 0.867 bits per heavy atom. The fourth-order valence-electron chi connectivity index (χ4n) is 9.11. The fourth-order valence-corrected chi connectivity index (χ4v) is 9.11. The van der Waals surface area contributed by atoms with Crippen molar-refractivity contribution >= 4 is 0 Å². The predicted octanol–water partition coefficient (Wildman–Crippen LogP) is 6.02. The van der Waals surface area contributed by atoms with Gasteiger partial charge in [0, 0.05) is 5.92 Å². The number of hydrogen-bond donors (Lipinski definition) is 2. The van der Waals surface area contributed by atoms with E-state index in [9.17, 15) is 10.2 Å². The van der Waals surface area contributed by atoms with Crippen LogP contribution in [-0.4, -0.2) is 21.9 Å². The maximum Gasteiger partial charge on any atom is 0.126 e. The predicted molar refractivity (Wildman–Crippen MR) is 120 cm³/mol. The first-order chi connectivity index (χ1) is 13.9. The quantitative estimate of drug-likeness (QED) is 0.547. The van der Waals surface area contributed by atoms with Gasteiger partial charge in [0.1, 0.15) is 17.1 Å². The van der Waals surface area contributed by atoms with Crippen molar-refractivity contribution in [1.82, 2.24) is 0 Å². The molecule has 166 valence electrons. The van der Waals surface area contributed by atoms with Crippen LogP contribution in [0.2, 0.25) is 0 Å². The van der Waals surface area contributed by atoms with Crippen molar-refractivity contribution in [3.63, 3.8) is 0 Å². The van der Waals surface area contributed by atoms with Crippen molar-refractivity contribution in [2.24, 2.45) is 34.0 Å². The number of hydrogen-bond acceptors (Lipinski definition) is 3. The van der Waals surface area contributed by atoms with E-state index >= 15 is 0 Å². The molecule has 0 aromatic heterocycles. The molecule has 4 aliphatic rings. The number of rotatable bonds is 0. The number of aliphatic hydroxyl groups is 1. The smallest absolute Gasteiger partial charge is 0.126 e. The van der Waals surface area contributed by atoms with Gasteiger partial charge in [0.05, 0.1) is 6.10 Å². The average molecular weight is 413 g/mol. The first kappa shape index (κ1) is 20.7. The Morgan fingerprint density at radius 2 is 1.50 bits per heavy atom. The van der Waals surface area contributed by atoms with Crippen molar-refractivity contribution in [2.45, 2.75) is 98.2 Å². The van der Waals surface area contributed by atoms with Crippen LogP contribution in [0.15, 0.2) is 12.1 Å². The lowest BCUT2D eigenvalue weighted by Gasteiger charge is -2.69. The molecule has 4 unspecified atom stereocenters. The van der Waals surface area contributed by atoms with Gasteiger partial charge < -0.3 is 14.9 Å². The van der Waals surface area contributed by atoms with Gasteiger partial charge in [-0.05, 0) is 110 Å². The minimum absolute atomic E-state index is 0.00630. The van der Waals surface area contributed by atoms with E-state index in [1.54, 1.807) is 0 Å². The van der Waals surface area contributed by atoms with E-state index in [-0.39, 0.29) is 27.9 Å². The average Bonchev–Trinajstić information content (AvgIpc) is 2.64. The Morgan fingerprint density at radius 3 is 2.23 bits per heavy atom. The molecule has 0 bridgehead atoms. The molecule has 1 aliphatic heterocycles. The second kappa shape index (κ2) is 6.18. The number of aromatic hydroxyl groups is 1. The lowest BCUT2D eigenvalue weighted by Crippen LogP contribution is -2.66. The molecular weight excluding hydrogens is 372 g/mol. The molecule has 30 heavy (non-hydrogen) atoms. The zero-order chi connectivity index (χ0) is 21.7. The largest absolute Gasteiger partial charge is 0.508 e. The summed E-state index contributed by atoms with van der Waals surface area (Å²) in [6, 6.07) is 3.76. The molecular formula is C27H40O3. The number of ether oxygens (including phenoxy) is 1. The maximum atomic E-state index is 10.8. The van der Waals surface area contributed by atoms with Crippen LogP contribution in [0.1, 0.15) is 84.3 Å². The molecule has 3 aliphatic carbocycles. The number of aryl methyl sites for hydroxylation is 1. The minimum atomic E-state index is -0.176. The van der Waals surface area contributed by atoms with E-state index in [0.717, 1.165) is 37.0 Å². The molecule has 0 saturated heterocycles. The van der Waals surface area contributed by atoms with E-state index in [4.69, 9.17) is 4.74 Å². The van der Waals surface area contributed by atoms with E-state index in [0.29, 0.717) is 23.5 Å². The molecule has 1 aromatic carbocycles. The topological polar surface area (TPSA) is 49.7 Å². The standard InChI is InChI=1S/C27H40O3/c1-16-13-18(28)14-17-15-21-26(5)10-7-19-24(2,3)22(29)9-11-25(19,4)20(26)8-12-27(21,6)30-23(16)17/h13-14,19-22,28-29H,7-12,15H2,1-6H3/t19-,20?,21?,22?,25?,26-,27+/m0/s1. The Kier molecular flexibility index (Phi) is 4.26. The molecule has 7 atom stereocenters. The third-order valence-corrected chi connectivity index (χ3v) is 10.6. The van der Waals surface area contributed by atoms with E-state index in [2.05, 4.69) is 41.5 Å². The van der Waals surface area contributed by atoms with Gasteiger partial charge in [0.15, 0.2) is 0 Å². The summed E-state index contributed by atoms with van der Waals surface area (Å²) in [7, 11) is 0. The number of benzene rings is 1. The van der Waals surface area contributed by atoms with Gasteiger partial charge in [0.25, 0.3) is 0 Å². The molecule has 0 radical (unpaired) electrons. The van der Waals surface area contributed by atoms with Crippen molar-refractivity contribution in [1.29, 1.82) is 0 Å². The van der Waals surface area contributed by atoms with Crippen molar-refractivity contribution < 1.29 is 14.9 Å². The number of phenols is 1. The Bertz CT molecular complexity index is 875. The zero-order valence-electron chi connectivity index (χ0n) is 19.7. The van der Waals surface area contributed by atoms with Crippen molar-refractivity contribution in [2.75, 3.05) is 0 Å². The highest BCUT2D eigenvalue weighted by atomic mass is 16.5. The lowest BCUT2D eigenvalue weighted by atomic mass is 9.37. The van der Waals surface area contributed by atoms with Crippen molar-refractivity contribution in [3.05, 3.63) is 23.3 Å². The van der Waals surface area contributed by atoms with Crippen LogP contribution in [0, 0.1) is 40.9 Å². The zero-order valence-corrected chi connectivity index (χ0v) is 19.7. The van der Waals surface area contributed by atoms with E-state index in [1.807, 2.05) is 12.1 Å². The monoisotopic (exact) mass is 412 g/mol. The Hall–Kier alpha value is -1.22. The molecule has 5 rings (SSSR count). The summed E-state index contributed by atoms with van der Waals surface area (Å²) < 4.78 is 6.80. The van der Waals surface area contributed by atoms with Gasteiger partial charge in [-0.2, -0.15) is 0 Å². The second-order valence-electron chi connectivity index (χ2n) is 12.5. The van der Waals surface area contributed by atoms with Gasteiger partial charge in [-0.3, -0.25) is 0 Å². The summed E-state index contributed by atoms with van der Waals surface area (Å²) in [6.45, 7) is 14.1. The number of aliphatic hydroxyl groups excluding tert-OH is 1. The van der Waals surface area contributed by atoms with Crippen LogP contribution in [0.25, 0.3) is 0 Å². The second-order valence-corrected chi connectivity index (χ2v) is 12.5. The van der Waals surface area contributed by atoms with Gasteiger partial charge in [-0.15, -0.1) is 0 Å². The highest BCUT2D eigenvalue weighted by Crippen LogP contribution is 2.70. The molecule has 0 spiro atoms. The summed E-state index contributed by atoms with van der Waals surface area (Å²) in [5.74, 6) is 3.08. The molecule has 3 saturated carbocycles. The van der Waals surface area contributed by atoms with Crippen LogP contribution in [0.3, 0.4) is 0 Å². The van der Waals surface area contributed by atoms with Gasteiger partial charge in [-0.1, -0.05) is 27.7 Å².